The van der Waals surface area contributed by atoms with Gasteiger partial charge >= 0.3 is 0 Å². The normalized spacial score (nSPS) is 11.4. The number of hydrogen-bond donors (Lipinski definition) is 1. The highest BCUT2D eigenvalue weighted by atomic mass is 16.5. The van der Waals surface area contributed by atoms with Crippen LogP contribution >= 0.6 is 0 Å². The van der Waals surface area contributed by atoms with Crippen molar-refractivity contribution >= 4 is 11.8 Å². The zero-order valence-corrected chi connectivity index (χ0v) is 17.8. The van der Waals surface area contributed by atoms with Crippen molar-refractivity contribution in [2.75, 3.05) is 7.11 Å². The van der Waals surface area contributed by atoms with Gasteiger partial charge in [-0.3, -0.25) is 14.6 Å². The van der Waals surface area contributed by atoms with Crippen molar-refractivity contribution in [2.45, 2.75) is 32.5 Å². The molecule has 31 heavy (non-hydrogen) atoms. The van der Waals surface area contributed by atoms with Gasteiger partial charge in [0.25, 0.3) is 0 Å². The maximum absolute atomic E-state index is 13.2. The Morgan fingerprint density at radius 1 is 0.968 bits per heavy atom. The Kier molecular flexibility index (Phi) is 7.76. The molecule has 0 bridgehead atoms. The molecule has 0 spiro atoms. The quantitative estimate of drug-likeness (QED) is 0.580. The van der Waals surface area contributed by atoms with E-state index >= 15 is 0 Å². The molecule has 6 nitrogen and oxygen atoms in total. The lowest BCUT2D eigenvalue weighted by Crippen LogP contribution is -2.48. The van der Waals surface area contributed by atoms with Crippen molar-refractivity contribution in [2.24, 2.45) is 0 Å². The number of ether oxygens (including phenoxy) is 1. The molecule has 1 N–H and O–H groups in total. The molecule has 0 aliphatic heterocycles. The molecule has 160 valence electrons. The van der Waals surface area contributed by atoms with Gasteiger partial charge in [-0.1, -0.05) is 48.5 Å². The Labute approximate surface area is 182 Å². The standard InChI is InChI=1S/C25H27N3O3/c1-19(25(30)27-17-22-10-6-7-15-26-22)28(18-21-11-13-23(31-2)14-12-21)24(29)16-20-8-4-3-5-9-20/h3-15,19H,16-18H2,1-2H3,(H,27,30)/t19-/m1/s1. The number of hydrogen-bond acceptors (Lipinski definition) is 4. The van der Waals surface area contributed by atoms with Crippen LogP contribution in [0.3, 0.4) is 0 Å². The lowest BCUT2D eigenvalue weighted by Gasteiger charge is -2.29. The number of carbonyl (C=O) groups excluding carboxylic acids is 2. The van der Waals surface area contributed by atoms with Gasteiger partial charge in [0.15, 0.2) is 0 Å². The van der Waals surface area contributed by atoms with E-state index < -0.39 is 6.04 Å². The summed E-state index contributed by atoms with van der Waals surface area (Å²) in [4.78, 5) is 31.9. The number of nitrogens with one attached hydrogen (secondary N) is 1. The second kappa shape index (κ2) is 10.9. The van der Waals surface area contributed by atoms with Gasteiger partial charge in [0, 0.05) is 12.7 Å². The summed E-state index contributed by atoms with van der Waals surface area (Å²) >= 11 is 0. The number of amides is 2. The average Bonchev–Trinajstić information content (AvgIpc) is 2.82. The van der Waals surface area contributed by atoms with Crippen LogP contribution in [0.1, 0.15) is 23.7 Å². The molecule has 0 saturated carbocycles. The highest BCUT2D eigenvalue weighted by molar-refractivity contribution is 5.88. The van der Waals surface area contributed by atoms with E-state index in [1.54, 1.807) is 25.1 Å². The van der Waals surface area contributed by atoms with Crippen LogP contribution in [0.25, 0.3) is 0 Å². The molecular formula is C25H27N3O3. The third kappa shape index (κ3) is 6.40. The fourth-order valence-electron chi connectivity index (χ4n) is 3.21. The largest absolute Gasteiger partial charge is 0.497 e. The van der Waals surface area contributed by atoms with Crippen molar-refractivity contribution in [1.29, 1.82) is 0 Å². The predicted molar refractivity (Wildman–Crippen MR) is 119 cm³/mol. The number of carbonyl (C=O) groups is 2. The molecule has 0 saturated heterocycles. The van der Waals surface area contributed by atoms with E-state index in [4.69, 9.17) is 4.74 Å². The van der Waals surface area contributed by atoms with Crippen molar-refractivity contribution in [3.63, 3.8) is 0 Å². The molecule has 3 aromatic rings. The van der Waals surface area contributed by atoms with Gasteiger partial charge < -0.3 is 15.0 Å². The number of pyridine rings is 1. The molecule has 3 rings (SSSR count). The lowest BCUT2D eigenvalue weighted by molar-refractivity contribution is -0.140. The topological polar surface area (TPSA) is 71.5 Å². The Balaban J connectivity index is 1.73. The summed E-state index contributed by atoms with van der Waals surface area (Å²) in [6, 6.07) is 22.0. The first-order valence-corrected chi connectivity index (χ1v) is 10.2. The van der Waals surface area contributed by atoms with E-state index in [1.807, 2.05) is 72.8 Å². The second-order valence-corrected chi connectivity index (χ2v) is 7.25. The summed E-state index contributed by atoms with van der Waals surface area (Å²) in [5.41, 5.74) is 2.60. The van der Waals surface area contributed by atoms with Crippen molar-refractivity contribution in [3.05, 3.63) is 95.8 Å². The molecule has 2 amide bonds. The van der Waals surface area contributed by atoms with Gasteiger partial charge in [-0.2, -0.15) is 0 Å². The van der Waals surface area contributed by atoms with E-state index in [1.165, 1.54) is 0 Å². The number of rotatable bonds is 9. The third-order valence-corrected chi connectivity index (χ3v) is 5.05. The lowest BCUT2D eigenvalue weighted by atomic mass is 10.1. The Morgan fingerprint density at radius 3 is 2.32 bits per heavy atom. The van der Waals surface area contributed by atoms with Crippen LogP contribution in [0.15, 0.2) is 79.0 Å². The maximum atomic E-state index is 13.2. The smallest absolute Gasteiger partial charge is 0.242 e. The van der Waals surface area contributed by atoms with Gasteiger partial charge in [0.1, 0.15) is 11.8 Å². The molecular weight excluding hydrogens is 390 g/mol. The molecule has 2 aromatic carbocycles. The number of nitrogens with zero attached hydrogens (tertiary/aromatic N) is 2. The molecule has 0 unspecified atom stereocenters. The Hall–Kier alpha value is -3.67. The van der Waals surface area contributed by atoms with Gasteiger partial charge in [-0.15, -0.1) is 0 Å². The first-order valence-electron chi connectivity index (χ1n) is 10.2. The fraction of sp³-hybridized carbons (Fsp3) is 0.240. The van der Waals surface area contributed by atoms with Gasteiger partial charge in [-0.25, -0.2) is 0 Å². The van der Waals surface area contributed by atoms with E-state index in [9.17, 15) is 9.59 Å². The summed E-state index contributed by atoms with van der Waals surface area (Å²) in [6.07, 6.45) is 1.92. The fourth-order valence-corrected chi connectivity index (χ4v) is 3.21. The van der Waals surface area contributed by atoms with Crippen LogP contribution in [0.4, 0.5) is 0 Å². The monoisotopic (exact) mass is 417 g/mol. The zero-order valence-electron chi connectivity index (χ0n) is 17.8. The summed E-state index contributed by atoms with van der Waals surface area (Å²) in [5.74, 6) is 0.412. The van der Waals surface area contributed by atoms with E-state index in [0.717, 1.165) is 22.6 Å². The number of methoxy groups -OCH3 is 1. The van der Waals surface area contributed by atoms with Crippen molar-refractivity contribution in [3.8, 4) is 5.75 Å². The van der Waals surface area contributed by atoms with Crippen LogP contribution in [0.2, 0.25) is 0 Å². The third-order valence-electron chi connectivity index (χ3n) is 5.05. The van der Waals surface area contributed by atoms with Crippen molar-refractivity contribution < 1.29 is 14.3 Å². The molecule has 0 radical (unpaired) electrons. The number of benzene rings is 2. The minimum absolute atomic E-state index is 0.109. The summed E-state index contributed by atoms with van der Waals surface area (Å²) in [6.45, 7) is 2.39. The van der Waals surface area contributed by atoms with E-state index in [0.29, 0.717) is 13.1 Å². The van der Waals surface area contributed by atoms with Crippen LogP contribution in [-0.2, 0) is 29.1 Å². The summed E-state index contributed by atoms with van der Waals surface area (Å²) in [5, 5.41) is 2.89. The van der Waals surface area contributed by atoms with Gasteiger partial charge in [0.2, 0.25) is 11.8 Å². The molecule has 1 heterocycles. The maximum Gasteiger partial charge on any atom is 0.242 e. The number of aromatic nitrogens is 1. The molecule has 0 aliphatic carbocycles. The first kappa shape index (κ1) is 22.0. The summed E-state index contributed by atoms with van der Waals surface area (Å²) in [7, 11) is 1.61. The molecule has 6 heteroatoms. The van der Waals surface area contributed by atoms with Crippen LogP contribution < -0.4 is 10.1 Å². The molecule has 1 aromatic heterocycles. The van der Waals surface area contributed by atoms with Gasteiger partial charge in [-0.05, 0) is 42.3 Å². The SMILES string of the molecule is COc1ccc(CN(C(=O)Cc2ccccc2)[C@H](C)C(=O)NCc2ccccn2)cc1. The second-order valence-electron chi connectivity index (χ2n) is 7.25. The molecule has 0 aliphatic rings. The van der Waals surface area contributed by atoms with Crippen molar-refractivity contribution in [1.82, 2.24) is 15.2 Å². The molecule has 0 fully saturated rings. The van der Waals surface area contributed by atoms with Crippen LogP contribution in [0, 0.1) is 0 Å². The minimum atomic E-state index is -0.637. The first-order chi connectivity index (χ1) is 15.1. The summed E-state index contributed by atoms with van der Waals surface area (Å²) < 4.78 is 5.21. The van der Waals surface area contributed by atoms with E-state index in [-0.39, 0.29) is 18.2 Å². The van der Waals surface area contributed by atoms with Gasteiger partial charge in [0.05, 0.1) is 25.8 Å². The average molecular weight is 418 g/mol. The zero-order chi connectivity index (χ0) is 22.1. The highest BCUT2D eigenvalue weighted by Gasteiger charge is 2.26. The molecule has 1 atom stereocenters. The van der Waals surface area contributed by atoms with E-state index in [2.05, 4.69) is 10.3 Å². The van der Waals surface area contributed by atoms with Crippen LogP contribution in [0.5, 0.6) is 5.75 Å². The van der Waals surface area contributed by atoms with Crippen LogP contribution in [-0.4, -0.2) is 34.8 Å². The Bertz CT molecular complexity index is 976. The highest BCUT2D eigenvalue weighted by Crippen LogP contribution is 2.16. The minimum Gasteiger partial charge on any atom is -0.497 e. The Morgan fingerprint density at radius 2 is 1.68 bits per heavy atom. The predicted octanol–water partition coefficient (Wildman–Crippen LogP) is 3.37.